The van der Waals surface area contributed by atoms with Crippen LogP contribution in [0.3, 0.4) is 0 Å². The molecule has 1 fully saturated rings. The summed E-state index contributed by atoms with van der Waals surface area (Å²) in [4.78, 5) is 37.4. The summed E-state index contributed by atoms with van der Waals surface area (Å²) in [5.74, 6) is -1.79. The van der Waals surface area contributed by atoms with Gasteiger partial charge < -0.3 is 20.5 Å². The van der Waals surface area contributed by atoms with E-state index >= 15 is 0 Å². The highest BCUT2D eigenvalue weighted by molar-refractivity contribution is 6.31. The van der Waals surface area contributed by atoms with Crippen molar-refractivity contribution in [2.45, 2.75) is 30.7 Å². The maximum atomic E-state index is 13.1. The fourth-order valence-corrected chi connectivity index (χ4v) is 4.99. The minimum atomic E-state index is -1.21. The van der Waals surface area contributed by atoms with Gasteiger partial charge in [-0.2, -0.15) is 0 Å². The molecule has 35 heavy (non-hydrogen) atoms. The average molecular weight is 491 g/mol. The topological polar surface area (TPSA) is 105 Å². The van der Waals surface area contributed by atoms with Gasteiger partial charge in [-0.25, -0.2) is 9.59 Å². The van der Waals surface area contributed by atoms with Crippen LogP contribution in [0.1, 0.15) is 46.7 Å². The highest BCUT2D eigenvalue weighted by atomic mass is 35.5. The average Bonchev–Trinajstić information content (AvgIpc) is 3.14. The van der Waals surface area contributed by atoms with Crippen molar-refractivity contribution in [3.8, 4) is 11.1 Å². The lowest BCUT2D eigenvalue weighted by atomic mass is 9.76. The Labute approximate surface area is 207 Å². The second-order valence-corrected chi connectivity index (χ2v) is 9.27. The van der Waals surface area contributed by atoms with Crippen molar-refractivity contribution >= 4 is 35.3 Å². The van der Waals surface area contributed by atoms with Gasteiger partial charge in [0.2, 0.25) is 5.91 Å². The predicted octanol–water partition coefficient (Wildman–Crippen LogP) is 5.44. The molecule has 0 saturated heterocycles. The number of carbonyl (C=O) groups excluding carboxylic acids is 2. The Morgan fingerprint density at radius 3 is 2.17 bits per heavy atom. The minimum Gasteiger partial charge on any atom is -0.478 e. The number of ether oxygens (including phenoxy) is 1. The number of hydrogen-bond acceptors (Lipinski definition) is 4. The monoisotopic (exact) mass is 490 g/mol. The highest BCUT2D eigenvalue weighted by Gasteiger charge is 2.46. The normalized spacial score (nSPS) is 15.3. The molecule has 0 atom stereocenters. The molecule has 3 aromatic rings. The second kappa shape index (κ2) is 9.07. The molecule has 3 aromatic carbocycles. The summed E-state index contributed by atoms with van der Waals surface area (Å²) < 4.78 is 5.61. The smallest absolute Gasteiger partial charge is 0.408 e. The maximum absolute atomic E-state index is 13.1. The Bertz CT molecular complexity index is 1290. The number of anilines is 1. The molecule has 0 aliphatic heterocycles. The maximum Gasteiger partial charge on any atom is 0.408 e. The summed E-state index contributed by atoms with van der Waals surface area (Å²) in [5.41, 5.74) is 3.29. The van der Waals surface area contributed by atoms with Gasteiger partial charge in [0.1, 0.15) is 12.1 Å². The van der Waals surface area contributed by atoms with Crippen LogP contribution < -0.4 is 10.6 Å². The van der Waals surface area contributed by atoms with Crippen molar-refractivity contribution in [2.24, 2.45) is 0 Å². The van der Waals surface area contributed by atoms with Gasteiger partial charge in [0.15, 0.2) is 0 Å². The molecule has 5 rings (SSSR count). The van der Waals surface area contributed by atoms with Crippen LogP contribution in [-0.2, 0) is 9.53 Å². The van der Waals surface area contributed by atoms with E-state index in [0.29, 0.717) is 12.8 Å². The van der Waals surface area contributed by atoms with E-state index in [0.717, 1.165) is 28.7 Å². The summed E-state index contributed by atoms with van der Waals surface area (Å²) in [6, 6.07) is 20.3. The fourth-order valence-electron chi connectivity index (χ4n) is 4.81. The van der Waals surface area contributed by atoms with Gasteiger partial charge in [0, 0.05) is 10.9 Å². The third-order valence-corrected chi connectivity index (χ3v) is 7.02. The zero-order valence-electron chi connectivity index (χ0n) is 18.7. The number of alkyl carbamates (subject to hydrolysis) is 1. The van der Waals surface area contributed by atoms with E-state index in [1.165, 1.54) is 18.2 Å². The van der Waals surface area contributed by atoms with Crippen molar-refractivity contribution in [3.05, 3.63) is 88.4 Å². The number of fused-ring (bicyclic) bond motifs is 3. The first-order valence-electron chi connectivity index (χ1n) is 11.4. The van der Waals surface area contributed by atoms with E-state index in [-0.39, 0.29) is 28.8 Å². The van der Waals surface area contributed by atoms with Crippen LogP contribution in [0, 0.1) is 0 Å². The van der Waals surface area contributed by atoms with Crippen molar-refractivity contribution < 1.29 is 24.2 Å². The lowest BCUT2D eigenvalue weighted by Crippen LogP contribution is -2.61. The molecule has 2 aliphatic rings. The molecule has 0 unspecified atom stereocenters. The number of halogens is 1. The quantitative estimate of drug-likeness (QED) is 0.427. The molecule has 7 nitrogen and oxygen atoms in total. The molecule has 2 aliphatic carbocycles. The van der Waals surface area contributed by atoms with Crippen molar-refractivity contribution in [3.63, 3.8) is 0 Å². The number of rotatable bonds is 6. The van der Waals surface area contributed by atoms with E-state index in [9.17, 15) is 19.5 Å². The molecule has 178 valence electrons. The summed E-state index contributed by atoms with van der Waals surface area (Å²) in [6.45, 7) is 0.137. The van der Waals surface area contributed by atoms with Crippen LogP contribution in [-0.4, -0.2) is 35.2 Å². The Hall–Kier alpha value is -3.84. The second-order valence-electron chi connectivity index (χ2n) is 8.84. The summed E-state index contributed by atoms with van der Waals surface area (Å²) in [7, 11) is 0. The van der Waals surface area contributed by atoms with Gasteiger partial charge in [-0.3, -0.25) is 4.79 Å². The highest BCUT2D eigenvalue weighted by Crippen LogP contribution is 2.44. The van der Waals surface area contributed by atoms with Crippen LogP contribution >= 0.6 is 11.6 Å². The van der Waals surface area contributed by atoms with Gasteiger partial charge in [-0.15, -0.1) is 0 Å². The van der Waals surface area contributed by atoms with Gasteiger partial charge in [-0.05, 0) is 59.7 Å². The molecule has 2 amide bonds. The van der Waals surface area contributed by atoms with Crippen LogP contribution in [0.5, 0.6) is 0 Å². The third kappa shape index (κ3) is 4.23. The first kappa shape index (κ1) is 22.9. The molecule has 0 bridgehead atoms. The van der Waals surface area contributed by atoms with Crippen molar-refractivity contribution in [1.82, 2.24) is 5.32 Å². The molecular weight excluding hydrogens is 468 g/mol. The lowest BCUT2D eigenvalue weighted by molar-refractivity contribution is -0.125. The van der Waals surface area contributed by atoms with Crippen LogP contribution in [0.25, 0.3) is 11.1 Å². The molecule has 0 aromatic heterocycles. The molecule has 1 saturated carbocycles. The largest absolute Gasteiger partial charge is 0.478 e. The van der Waals surface area contributed by atoms with E-state index in [1.54, 1.807) is 0 Å². The number of benzene rings is 3. The number of carboxylic acid groups (broad SMARTS) is 1. The number of carbonyl (C=O) groups is 3. The first-order valence-corrected chi connectivity index (χ1v) is 11.7. The SMILES string of the molecule is O=C(NC1(C(=O)Nc2ccc(Cl)cc2C(=O)O)CCC1)OCC1c2ccccc2-c2ccccc21. The van der Waals surface area contributed by atoms with E-state index in [4.69, 9.17) is 16.3 Å². The molecular formula is C27H23ClN2O5. The van der Waals surface area contributed by atoms with E-state index < -0.39 is 23.5 Å². The van der Waals surface area contributed by atoms with Gasteiger partial charge >= 0.3 is 12.1 Å². The van der Waals surface area contributed by atoms with E-state index in [2.05, 4.69) is 22.8 Å². The summed E-state index contributed by atoms with van der Waals surface area (Å²) >= 11 is 5.90. The van der Waals surface area contributed by atoms with Crippen LogP contribution in [0.15, 0.2) is 66.7 Å². The Morgan fingerprint density at radius 2 is 1.60 bits per heavy atom. The van der Waals surface area contributed by atoms with Gasteiger partial charge in [0.05, 0.1) is 11.3 Å². The Balaban J connectivity index is 1.28. The van der Waals surface area contributed by atoms with E-state index in [1.807, 2.05) is 36.4 Å². The predicted molar refractivity (Wildman–Crippen MR) is 132 cm³/mol. The molecule has 0 heterocycles. The third-order valence-electron chi connectivity index (χ3n) is 6.79. The van der Waals surface area contributed by atoms with Gasteiger partial charge in [-0.1, -0.05) is 60.1 Å². The van der Waals surface area contributed by atoms with Crippen molar-refractivity contribution in [1.29, 1.82) is 0 Å². The van der Waals surface area contributed by atoms with Gasteiger partial charge in [0.25, 0.3) is 0 Å². The number of nitrogens with one attached hydrogen (secondary N) is 2. The fraction of sp³-hybridized carbons (Fsp3) is 0.222. The first-order chi connectivity index (χ1) is 16.9. The number of hydrogen-bond donors (Lipinski definition) is 3. The Kier molecular flexibility index (Phi) is 5.94. The molecule has 3 N–H and O–H groups in total. The molecule has 0 spiro atoms. The number of aromatic carboxylic acids is 1. The molecule has 8 heteroatoms. The summed E-state index contributed by atoms with van der Waals surface area (Å²) in [6.07, 6.45) is 0.929. The Morgan fingerprint density at radius 1 is 0.971 bits per heavy atom. The summed E-state index contributed by atoms with van der Waals surface area (Å²) in [5, 5.41) is 15.1. The minimum absolute atomic E-state index is 0.0912. The lowest BCUT2D eigenvalue weighted by Gasteiger charge is -2.40. The van der Waals surface area contributed by atoms with Crippen molar-refractivity contribution in [2.75, 3.05) is 11.9 Å². The zero-order valence-corrected chi connectivity index (χ0v) is 19.5. The van der Waals surface area contributed by atoms with Crippen LogP contribution in [0.4, 0.5) is 10.5 Å². The zero-order chi connectivity index (χ0) is 24.6. The number of amides is 2. The standard InChI is InChI=1S/C27H23ClN2O5/c28-16-10-11-23(21(14-16)24(31)32)29-25(33)27(12-5-13-27)30-26(34)35-15-22-19-8-3-1-6-17(19)18-7-2-4-9-20(18)22/h1-4,6-11,14,22H,5,12-13,15H2,(H,29,33)(H,30,34)(H,31,32). The molecule has 0 radical (unpaired) electrons. The van der Waals surface area contributed by atoms with Crippen LogP contribution in [0.2, 0.25) is 5.02 Å². The number of carboxylic acids is 1.